The Hall–Kier alpha value is 5.51. The molecule has 0 aromatic carbocycles. The maximum Gasteiger partial charge on any atom is 1.00 e. The van der Waals surface area contributed by atoms with Gasteiger partial charge in [0.25, 0.3) is 0 Å². The molecule has 0 rings (SSSR count). The van der Waals surface area contributed by atoms with Gasteiger partial charge in [-0.2, -0.15) is 0 Å². The van der Waals surface area contributed by atoms with E-state index in [1.807, 2.05) is 0 Å². The van der Waals surface area contributed by atoms with Crippen LogP contribution < -0.4 is 138 Å². The van der Waals surface area contributed by atoms with Gasteiger partial charge >= 0.3 is 118 Å². The van der Waals surface area contributed by atoms with E-state index >= 15 is 0 Å². The molecule has 0 aliphatic carbocycles. The summed E-state index contributed by atoms with van der Waals surface area (Å²) in [4.78, 5) is 37.1. The van der Waals surface area contributed by atoms with Crippen LogP contribution in [0.4, 0.5) is 0 Å². The topological polar surface area (TPSA) is 199 Å². The Balaban J connectivity index is -0.0000000334. The molecular weight excluding hydrogens is 522 g/mol. The summed E-state index contributed by atoms with van der Waals surface area (Å²) in [6.07, 6.45) is 0. The van der Waals surface area contributed by atoms with E-state index in [9.17, 15) is 37.8 Å². The molecule has 0 spiro atoms. The van der Waals surface area contributed by atoms with E-state index in [4.69, 9.17) is 39.9 Å². The first-order chi connectivity index (χ1) is 8.81. The molecule has 0 saturated heterocycles. The van der Waals surface area contributed by atoms with Crippen molar-refractivity contribution in [1.82, 2.24) is 0 Å². The third-order valence-electron chi connectivity index (χ3n) is 0.513. The van der Waals surface area contributed by atoms with E-state index in [-0.39, 0.29) is 118 Å². The molecule has 0 aromatic rings. The van der Waals surface area contributed by atoms with Crippen molar-refractivity contribution < 1.29 is 170 Å². The third kappa shape index (κ3) is 70.9. The predicted molar refractivity (Wildman–Crippen MR) is 65.6 cm³/mol. The standard InChI is InChI=1S/C2H3Cl3O.4Na.2H4O5P2/c3-2(4,5)1-6;;;;;2*1-6(2)5-7(3)4/h6H,1H2;;;;;2*6-7H,(H,1,2)(H,3,4)/q;4*+1;;/p-4. The minimum absolute atomic E-state index is 0. The molecule has 4 atom stereocenters. The fourth-order valence-corrected chi connectivity index (χ4v) is 1.22. The maximum absolute atomic E-state index is 9.29. The molecule has 0 aliphatic rings. The van der Waals surface area contributed by atoms with Crippen molar-refractivity contribution in [2.24, 2.45) is 0 Å². The van der Waals surface area contributed by atoms with Crippen molar-refractivity contribution in [3.05, 3.63) is 0 Å². The molecule has 0 saturated carbocycles. The zero-order valence-corrected chi connectivity index (χ0v) is 27.1. The monoisotopic (exact) mass is 528 g/mol. The number of aliphatic hydroxyl groups excluding tert-OH is 1. The number of rotatable bonds is 4. The minimum Gasteiger partial charge on any atom is -0.781 e. The van der Waals surface area contributed by atoms with E-state index in [2.05, 4.69) is 8.62 Å². The van der Waals surface area contributed by atoms with E-state index in [0.29, 0.717) is 0 Å². The molecule has 0 heterocycles. The fraction of sp³-hybridized carbons (Fsp3) is 1.00. The molecular formula is C2H7Cl3Na4O11P4. The van der Waals surface area contributed by atoms with Gasteiger partial charge in [-0.05, 0) is 0 Å². The van der Waals surface area contributed by atoms with Crippen molar-refractivity contribution in [2.75, 3.05) is 6.61 Å². The van der Waals surface area contributed by atoms with Gasteiger partial charge in [-0.3, -0.25) is 8.62 Å². The van der Waals surface area contributed by atoms with Crippen LogP contribution >= 0.6 is 67.8 Å². The normalized spacial score (nSPS) is 13.8. The molecule has 1 N–H and O–H groups in total. The van der Waals surface area contributed by atoms with E-state index < -0.39 is 43.4 Å². The first kappa shape index (κ1) is 47.3. The van der Waals surface area contributed by atoms with Crippen LogP contribution in [0.2, 0.25) is 0 Å². The number of hydrogen-bond donors (Lipinski definition) is 1. The molecule has 0 aromatic heterocycles. The van der Waals surface area contributed by atoms with Gasteiger partial charge < -0.3 is 42.9 Å². The largest absolute Gasteiger partial charge is 1.00 e. The number of hydrogen-bond acceptors (Lipinski definition) is 11. The number of alkyl halides is 3. The summed E-state index contributed by atoms with van der Waals surface area (Å²) < 4.78 is 42.1. The predicted octanol–water partition coefficient (Wildman–Crippen LogP) is -13.6. The Morgan fingerprint density at radius 1 is 0.708 bits per heavy atom. The first-order valence-corrected chi connectivity index (χ1v) is 9.72. The van der Waals surface area contributed by atoms with Crippen LogP contribution in [0.25, 0.3) is 0 Å². The molecule has 126 valence electrons. The Bertz CT molecular complexity index is 307. The molecule has 0 bridgehead atoms. The summed E-state index contributed by atoms with van der Waals surface area (Å²) in [5, 5.41) is 8.01. The van der Waals surface area contributed by atoms with Gasteiger partial charge in [0.2, 0.25) is 3.79 Å². The summed E-state index contributed by atoms with van der Waals surface area (Å²) in [7, 11) is -14.1. The Labute approximate surface area is 243 Å². The Kier molecular flexibility index (Phi) is 60.6. The van der Waals surface area contributed by atoms with Crippen molar-refractivity contribution >= 4 is 67.8 Å². The van der Waals surface area contributed by atoms with E-state index in [1.54, 1.807) is 0 Å². The van der Waals surface area contributed by atoms with Gasteiger partial charge in [0.05, 0.1) is 6.61 Å². The smallest absolute Gasteiger partial charge is 0.781 e. The van der Waals surface area contributed by atoms with Crippen LogP contribution in [0.5, 0.6) is 0 Å². The molecule has 11 nitrogen and oxygen atoms in total. The summed E-state index contributed by atoms with van der Waals surface area (Å²) in [5.41, 5.74) is 0. The second-order valence-corrected chi connectivity index (χ2v) is 8.13. The number of halogens is 3. The average Bonchev–Trinajstić information content (AvgIpc) is 2.13. The quantitative estimate of drug-likeness (QED) is 0.206. The minimum atomic E-state index is -3.51. The molecule has 0 radical (unpaired) electrons. The van der Waals surface area contributed by atoms with Crippen LogP contribution in [-0.2, 0) is 26.9 Å². The van der Waals surface area contributed by atoms with Gasteiger partial charge in [-0.1, -0.05) is 34.8 Å². The molecule has 0 aliphatic heterocycles. The van der Waals surface area contributed by atoms with Crippen LogP contribution in [-0.4, -0.2) is 15.5 Å². The van der Waals surface area contributed by atoms with Gasteiger partial charge in [0, 0.05) is 0 Å². The zero-order chi connectivity index (χ0) is 16.9. The van der Waals surface area contributed by atoms with Crippen LogP contribution in [0.15, 0.2) is 0 Å². The number of aliphatic hydroxyl groups is 1. The average molecular weight is 529 g/mol. The molecule has 0 amide bonds. The van der Waals surface area contributed by atoms with Crippen molar-refractivity contribution in [2.45, 2.75) is 3.79 Å². The summed E-state index contributed by atoms with van der Waals surface area (Å²) in [6, 6.07) is 0. The molecule has 24 heavy (non-hydrogen) atoms. The molecule has 22 heteroatoms. The van der Waals surface area contributed by atoms with Gasteiger partial charge in [-0.15, -0.1) is 0 Å². The SMILES string of the molecule is O=[PH]([O-])O[PH](=O)[O-].O=[PH]([O-])O[PH](=O)[O-].OCC(Cl)(Cl)Cl.[Na+].[Na+].[Na+].[Na+]. The zero-order valence-electron chi connectivity index (χ0n) is 12.9. The second-order valence-electron chi connectivity index (χ2n) is 1.98. The maximum atomic E-state index is 9.29. The van der Waals surface area contributed by atoms with Gasteiger partial charge in [0.1, 0.15) is 33.0 Å². The van der Waals surface area contributed by atoms with Crippen LogP contribution in [0.1, 0.15) is 0 Å². The van der Waals surface area contributed by atoms with Crippen molar-refractivity contribution in [1.29, 1.82) is 0 Å². The van der Waals surface area contributed by atoms with Crippen molar-refractivity contribution in [3.8, 4) is 0 Å². The molecule has 4 unspecified atom stereocenters. The van der Waals surface area contributed by atoms with Gasteiger partial charge in [-0.25, -0.2) is 0 Å². The second kappa shape index (κ2) is 30.7. The summed E-state index contributed by atoms with van der Waals surface area (Å²) >= 11 is 15.0. The van der Waals surface area contributed by atoms with Gasteiger partial charge in [0.15, 0.2) is 0 Å². The van der Waals surface area contributed by atoms with E-state index in [1.165, 1.54) is 0 Å². The fourth-order valence-electron chi connectivity index (χ4n) is 0.136. The molecule has 0 fully saturated rings. The van der Waals surface area contributed by atoms with Crippen LogP contribution in [0, 0.1) is 0 Å². The first-order valence-electron chi connectivity index (χ1n) is 3.69. The summed E-state index contributed by atoms with van der Waals surface area (Å²) in [5.74, 6) is 0. The Morgan fingerprint density at radius 3 is 0.833 bits per heavy atom. The Morgan fingerprint density at radius 2 is 0.833 bits per heavy atom. The third-order valence-corrected chi connectivity index (χ3v) is 3.54. The van der Waals surface area contributed by atoms with Crippen LogP contribution in [0.3, 0.4) is 0 Å². The summed E-state index contributed by atoms with van der Waals surface area (Å²) in [6.45, 7) is -0.433. The van der Waals surface area contributed by atoms with E-state index in [0.717, 1.165) is 0 Å². The van der Waals surface area contributed by atoms with Crippen molar-refractivity contribution in [3.63, 3.8) is 0 Å².